The second-order valence-electron chi connectivity index (χ2n) is 1.19. The molecule has 1 aliphatic heterocycles. The van der Waals surface area contributed by atoms with Crippen LogP contribution >= 0.6 is 15.9 Å². The molecule has 0 amide bonds. The first-order valence-electron chi connectivity index (χ1n) is 1.93. The lowest BCUT2D eigenvalue weighted by Crippen LogP contribution is -1.77. The van der Waals surface area contributed by atoms with Gasteiger partial charge in [0, 0.05) is 4.99 Å². The van der Waals surface area contributed by atoms with Gasteiger partial charge in [0.25, 0.3) is 0 Å². The van der Waals surface area contributed by atoms with E-state index in [2.05, 4.69) is 15.9 Å². The van der Waals surface area contributed by atoms with Crippen LogP contribution in [-0.4, -0.2) is 13.4 Å². The van der Waals surface area contributed by atoms with Crippen molar-refractivity contribution in [3.05, 3.63) is 10.7 Å². The predicted octanol–water partition coefficient (Wildman–Crippen LogP) is 1.23. The standard InChI is InChI=1S/C4H5BrO2/c5-1-4-2-6-3-7-4/h1H,2-3H2/b4-1-. The van der Waals surface area contributed by atoms with E-state index in [-0.39, 0.29) is 0 Å². The van der Waals surface area contributed by atoms with Gasteiger partial charge in [-0.05, 0) is 0 Å². The van der Waals surface area contributed by atoms with Crippen molar-refractivity contribution in [3.63, 3.8) is 0 Å². The normalized spacial score (nSPS) is 25.6. The van der Waals surface area contributed by atoms with Gasteiger partial charge in [-0.15, -0.1) is 0 Å². The molecule has 2 nitrogen and oxygen atoms in total. The topological polar surface area (TPSA) is 18.5 Å². The lowest BCUT2D eigenvalue weighted by Gasteiger charge is -1.86. The first kappa shape index (κ1) is 5.12. The van der Waals surface area contributed by atoms with E-state index < -0.39 is 0 Å². The molecule has 7 heavy (non-hydrogen) atoms. The van der Waals surface area contributed by atoms with E-state index in [1.54, 1.807) is 4.99 Å². The summed E-state index contributed by atoms with van der Waals surface area (Å²) >= 11 is 3.11. The lowest BCUT2D eigenvalue weighted by molar-refractivity contribution is 0.0801. The second kappa shape index (κ2) is 2.33. The molecule has 0 aromatic carbocycles. The van der Waals surface area contributed by atoms with E-state index in [9.17, 15) is 0 Å². The first-order chi connectivity index (χ1) is 3.43. The zero-order valence-corrected chi connectivity index (χ0v) is 5.27. The maximum Gasteiger partial charge on any atom is 0.189 e. The van der Waals surface area contributed by atoms with Crippen molar-refractivity contribution >= 4 is 15.9 Å². The highest BCUT2D eigenvalue weighted by molar-refractivity contribution is 9.11. The SMILES string of the molecule is Br/C=C1/COCO1. The third kappa shape index (κ3) is 1.17. The molecule has 0 aliphatic carbocycles. The lowest BCUT2D eigenvalue weighted by atomic mass is 10.6. The maximum atomic E-state index is 4.89. The quantitative estimate of drug-likeness (QED) is 0.537. The van der Waals surface area contributed by atoms with Crippen LogP contribution in [0.1, 0.15) is 0 Å². The monoisotopic (exact) mass is 164 g/mol. The van der Waals surface area contributed by atoms with Crippen LogP contribution in [0.2, 0.25) is 0 Å². The molecule has 0 N–H and O–H groups in total. The minimum Gasteiger partial charge on any atom is -0.469 e. The molecule has 1 aliphatic rings. The highest BCUT2D eigenvalue weighted by Gasteiger charge is 2.04. The van der Waals surface area contributed by atoms with Crippen LogP contribution in [0.4, 0.5) is 0 Å². The molecule has 40 valence electrons. The van der Waals surface area contributed by atoms with Crippen molar-refractivity contribution in [1.82, 2.24) is 0 Å². The van der Waals surface area contributed by atoms with E-state index in [0.29, 0.717) is 13.4 Å². The van der Waals surface area contributed by atoms with Crippen LogP contribution in [0.3, 0.4) is 0 Å². The van der Waals surface area contributed by atoms with Crippen LogP contribution in [0.25, 0.3) is 0 Å². The highest BCUT2D eigenvalue weighted by Crippen LogP contribution is 2.07. The Kier molecular flexibility index (Phi) is 1.70. The molecule has 1 rings (SSSR count). The average molecular weight is 165 g/mol. The average Bonchev–Trinajstić information content (AvgIpc) is 2.14. The molecule has 1 saturated heterocycles. The summed E-state index contributed by atoms with van der Waals surface area (Å²) < 4.78 is 9.72. The summed E-state index contributed by atoms with van der Waals surface area (Å²) in [4.78, 5) is 1.72. The second-order valence-corrected chi connectivity index (χ2v) is 1.64. The van der Waals surface area contributed by atoms with E-state index in [1.165, 1.54) is 0 Å². The van der Waals surface area contributed by atoms with E-state index in [4.69, 9.17) is 9.47 Å². The Labute approximate surface area is 50.2 Å². The van der Waals surface area contributed by atoms with Crippen molar-refractivity contribution in [2.45, 2.75) is 0 Å². The molecule has 0 aromatic rings. The molecule has 0 unspecified atom stereocenters. The molecular formula is C4H5BrO2. The van der Waals surface area contributed by atoms with Crippen LogP contribution in [0.5, 0.6) is 0 Å². The van der Waals surface area contributed by atoms with Gasteiger partial charge in [-0.2, -0.15) is 0 Å². The van der Waals surface area contributed by atoms with Gasteiger partial charge in [-0.25, -0.2) is 0 Å². The van der Waals surface area contributed by atoms with Crippen LogP contribution in [-0.2, 0) is 9.47 Å². The van der Waals surface area contributed by atoms with Crippen LogP contribution in [0.15, 0.2) is 10.7 Å². The van der Waals surface area contributed by atoms with Gasteiger partial charge in [0.05, 0.1) is 0 Å². The van der Waals surface area contributed by atoms with E-state index in [1.807, 2.05) is 0 Å². The molecule has 0 atom stereocenters. The highest BCUT2D eigenvalue weighted by atomic mass is 79.9. The minimum absolute atomic E-state index is 0.400. The molecule has 0 bridgehead atoms. The van der Waals surface area contributed by atoms with Crippen molar-refractivity contribution < 1.29 is 9.47 Å². The summed E-state index contributed by atoms with van der Waals surface area (Å²) in [5.74, 6) is 0.861. The number of hydrogen-bond donors (Lipinski definition) is 0. The molecule has 3 heteroatoms. The Morgan fingerprint density at radius 3 is 2.86 bits per heavy atom. The zero-order valence-electron chi connectivity index (χ0n) is 3.69. The summed E-state index contributed by atoms with van der Waals surface area (Å²) in [6.07, 6.45) is 0. The Morgan fingerprint density at radius 1 is 1.71 bits per heavy atom. The Morgan fingerprint density at radius 2 is 2.57 bits per heavy atom. The van der Waals surface area contributed by atoms with Crippen molar-refractivity contribution in [3.8, 4) is 0 Å². The van der Waals surface area contributed by atoms with Gasteiger partial charge in [0.1, 0.15) is 12.4 Å². The van der Waals surface area contributed by atoms with Gasteiger partial charge in [0.2, 0.25) is 0 Å². The van der Waals surface area contributed by atoms with E-state index >= 15 is 0 Å². The minimum atomic E-state index is 0.400. The van der Waals surface area contributed by atoms with Gasteiger partial charge in [-0.3, -0.25) is 0 Å². The number of rotatable bonds is 0. The molecule has 1 heterocycles. The van der Waals surface area contributed by atoms with Gasteiger partial charge >= 0.3 is 0 Å². The number of hydrogen-bond acceptors (Lipinski definition) is 2. The van der Waals surface area contributed by atoms with Crippen LogP contribution in [0, 0.1) is 0 Å². The summed E-state index contributed by atoms with van der Waals surface area (Å²) in [7, 11) is 0. The third-order valence-electron chi connectivity index (χ3n) is 0.694. The van der Waals surface area contributed by atoms with Crippen LogP contribution < -0.4 is 0 Å². The number of halogens is 1. The fraction of sp³-hybridized carbons (Fsp3) is 0.500. The first-order valence-corrected chi connectivity index (χ1v) is 2.85. The molecule has 0 radical (unpaired) electrons. The van der Waals surface area contributed by atoms with Gasteiger partial charge in [0.15, 0.2) is 6.79 Å². The summed E-state index contributed by atoms with van der Waals surface area (Å²) in [5.41, 5.74) is 0. The van der Waals surface area contributed by atoms with Gasteiger partial charge < -0.3 is 9.47 Å². The summed E-state index contributed by atoms with van der Waals surface area (Å²) in [6.45, 7) is 1.00. The number of ether oxygens (including phenoxy) is 2. The Balaban J connectivity index is 2.41. The molecular weight excluding hydrogens is 160 g/mol. The zero-order chi connectivity index (χ0) is 5.11. The third-order valence-corrected chi connectivity index (χ3v) is 1.20. The molecule has 0 spiro atoms. The summed E-state index contributed by atoms with van der Waals surface area (Å²) in [5, 5.41) is 0. The predicted molar refractivity (Wildman–Crippen MR) is 28.9 cm³/mol. The maximum absolute atomic E-state index is 4.89. The fourth-order valence-electron chi connectivity index (χ4n) is 0.364. The molecule has 1 fully saturated rings. The van der Waals surface area contributed by atoms with Crippen molar-refractivity contribution in [2.24, 2.45) is 0 Å². The fourth-order valence-corrected chi connectivity index (χ4v) is 0.629. The Bertz CT molecular complexity index is 81.7. The van der Waals surface area contributed by atoms with Crippen molar-refractivity contribution in [2.75, 3.05) is 13.4 Å². The van der Waals surface area contributed by atoms with Crippen molar-refractivity contribution in [1.29, 1.82) is 0 Å². The Hall–Kier alpha value is -0.0200. The molecule has 0 aromatic heterocycles. The van der Waals surface area contributed by atoms with Gasteiger partial charge in [-0.1, -0.05) is 15.9 Å². The summed E-state index contributed by atoms with van der Waals surface area (Å²) in [6, 6.07) is 0. The molecule has 0 saturated carbocycles. The smallest absolute Gasteiger partial charge is 0.189 e. The largest absolute Gasteiger partial charge is 0.469 e. The van der Waals surface area contributed by atoms with E-state index in [0.717, 1.165) is 5.76 Å².